The van der Waals surface area contributed by atoms with Crippen molar-refractivity contribution in [3.63, 3.8) is 0 Å². The molecule has 0 unspecified atom stereocenters. The van der Waals surface area contributed by atoms with Gasteiger partial charge in [0.25, 0.3) is 0 Å². The molecule has 30 aromatic rings. The van der Waals surface area contributed by atoms with Gasteiger partial charge in [-0.15, -0.1) is 22.7 Å². The molecule has 0 bridgehead atoms. The lowest BCUT2D eigenvalue weighted by atomic mass is 9.93. The number of hydrogen-bond acceptors (Lipinski definition) is 8. The molecule has 0 N–H and O–H groups in total. The first-order valence-corrected chi connectivity index (χ1v) is 48.3. The minimum absolute atomic E-state index is 0.636. The van der Waals surface area contributed by atoms with Gasteiger partial charge in [-0.2, -0.15) is 0 Å². The van der Waals surface area contributed by atoms with Crippen molar-refractivity contribution >= 4 is 215 Å². The van der Waals surface area contributed by atoms with Crippen LogP contribution >= 0.6 is 22.7 Å². The van der Waals surface area contributed by atoms with Gasteiger partial charge in [-0.25, -0.2) is 29.9 Å². The van der Waals surface area contributed by atoms with Gasteiger partial charge in [0.2, 0.25) is 0 Å². The molecule has 8 heterocycles. The summed E-state index contributed by atoms with van der Waals surface area (Å²) in [5.41, 5.74) is 19.7. The zero-order valence-electron chi connectivity index (χ0n) is 74.0. The summed E-state index contributed by atoms with van der Waals surface area (Å²) in [5, 5.41) is 29.5. The van der Waals surface area contributed by atoms with Crippen molar-refractivity contribution in [1.29, 1.82) is 0 Å². The van der Waals surface area contributed by atoms with Crippen molar-refractivity contribution in [3.05, 3.63) is 449 Å². The second-order valence-corrected chi connectivity index (χ2v) is 38.1. The van der Waals surface area contributed by atoms with Crippen LogP contribution in [0.5, 0.6) is 0 Å². The number of fused-ring (bicyclic) bond motifs is 30. The second kappa shape index (κ2) is 30.8. The molecule has 22 aromatic carbocycles. The molecule has 0 aliphatic heterocycles. The smallest absolute Gasteiger partial charge is 0.164 e. The topological polar surface area (TPSA) is 97.1 Å². The summed E-state index contributed by atoms with van der Waals surface area (Å²) in [4.78, 5) is 30.3. The summed E-state index contributed by atoms with van der Waals surface area (Å²) >= 11 is 3.75. The van der Waals surface area contributed by atoms with Crippen molar-refractivity contribution in [2.45, 2.75) is 0 Å². The first-order chi connectivity index (χ1) is 68.4. The van der Waals surface area contributed by atoms with Crippen LogP contribution in [-0.2, 0) is 0 Å². The maximum absolute atomic E-state index is 5.13. The standard InChI is InChI=1S/2C63H37N5S/c1-3-15-38(16-4-1)61-64-62(39-17-5-2-6-18-39)66-63(65-61)40-27-30-45-46-31-28-41(34-51(46)44-20-8-7-19-43(44)50(45)33-40)67-55-24-12-9-21-47(55)52-35-42(29-32-57(52)67)68-56-25-13-10-22-48(56)53-37-60-54(36-58(53)68)49-23-11-14-26-59(49)69-60;1-3-15-38(16-4-1)61-64-62(39-17-5-2-6-18-39)66-63(65-61)40-27-30-45-43-19-7-8-20-44(43)46-31-28-41(34-51(46)50(45)33-40)67-55-24-12-9-21-47(55)52-35-42(29-32-57(52)67)68-56-25-13-10-22-48(56)53-37-60-54(36-58(53)68)49-23-11-14-26-59(49)69-60/h2*1-37H. The fraction of sp³-hybridized carbons (Fsp3) is 0. The lowest BCUT2D eigenvalue weighted by molar-refractivity contribution is 1.07. The van der Waals surface area contributed by atoms with Crippen LogP contribution in [0.15, 0.2) is 449 Å². The molecule has 8 aromatic heterocycles. The number of thiophene rings is 2. The summed E-state index contributed by atoms with van der Waals surface area (Å²) in [6, 6.07) is 162. The van der Waals surface area contributed by atoms with Gasteiger partial charge in [-0.05, 0) is 198 Å². The van der Waals surface area contributed by atoms with Crippen LogP contribution in [0.25, 0.3) is 283 Å². The minimum atomic E-state index is 0.636. The number of para-hydroxylation sites is 4. The molecular weight excluding hydrogens is 1720 g/mol. The van der Waals surface area contributed by atoms with Crippen molar-refractivity contribution < 1.29 is 0 Å². The van der Waals surface area contributed by atoms with Crippen LogP contribution in [0.1, 0.15) is 0 Å². The fourth-order valence-electron chi connectivity index (χ4n) is 22.0. The van der Waals surface area contributed by atoms with E-state index in [1.807, 2.05) is 95.5 Å². The molecule has 10 nitrogen and oxygen atoms in total. The highest BCUT2D eigenvalue weighted by Crippen LogP contribution is 2.49. The molecule has 0 atom stereocenters. The zero-order valence-corrected chi connectivity index (χ0v) is 75.6. The third kappa shape index (κ3) is 12.2. The molecule has 30 rings (SSSR count). The van der Waals surface area contributed by atoms with E-state index in [1.54, 1.807) is 0 Å². The molecule has 640 valence electrons. The van der Waals surface area contributed by atoms with Gasteiger partial charge in [0.15, 0.2) is 34.9 Å². The summed E-state index contributed by atoms with van der Waals surface area (Å²) in [7, 11) is 0. The van der Waals surface area contributed by atoms with Crippen LogP contribution in [0.2, 0.25) is 0 Å². The normalized spacial score (nSPS) is 12.1. The maximum Gasteiger partial charge on any atom is 0.164 e. The number of rotatable bonds is 10. The Balaban J connectivity index is 0.000000133. The van der Waals surface area contributed by atoms with Crippen LogP contribution in [0.3, 0.4) is 0 Å². The maximum atomic E-state index is 5.13. The van der Waals surface area contributed by atoms with Gasteiger partial charge in [0.05, 0.1) is 44.1 Å². The van der Waals surface area contributed by atoms with Crippen molar-refractivity contribution in [3.8, 4) is 91.1 Å². The zero-order chi connectivity index (χ0) is 90.3. The van der Waals surface area contributed by atoms with Crippen molar-refractivity contribution in [2.24, 2.45) is 0 Å². The molecule has 0 spiro atoms. The summed E-state index contributed by atoms with van der Waals surface area (Å²) < 4.78 is 15.1. The van der Waals surface area contributed by atoms with Gasteiger partial charge in [-0.1, -0.05) is 315 Å². The second-order valence-electron chi connectivity index (χ2n) is 35.9. The minimum Gasteiger partial charge on any atom is -0.309 e. The highest BCUT2D eigenvalue weighted by Gasteiger charge is 2.26. The highest BCUT2D eigenvalue weighted by molar-refractivity contribution is 7.26. The lowest BCUT2D eigenvalue weighted by Gasteiger charge is -2.15. The van der Waals surface area contributed by atoms with E-state index in [1.165, 1.54) is 170 Å². The van der Waals surface area contributed by atoms with Crippen LogP contribution in [0, 0.1) is 0 Å². The number of benzene rings is 22. The first-order valence-electron chi connectivity index (χ1n) is 46.7. The van der Waals surface area contributed by atoms with Crippen molar-refractivity contribution in [1.82, 2.24) is 48.2 Å². The molecule has 0 radical (unpaired) electrons. The molecule has 12 heteroatoms. The molecule has 0 aliphatic rings. The molecule has 0 fully saturated rings. The molecule has 0 amide bonds. The first kappa shape index (κ1) is 77.6. The molecule has 138 heavy (non-hydrogen) atoms. The van der Waals surface area contributed by atoms with Gasteiger partial charge in [-0.3, -0.25) is 0 Å². The SMILES string of the molecule is c1ccc(-c2nc(-c3ccccc3)nc(-c3ccc4c5ccc(-n6c7ccccc7c7cc(-n8c9ccccc9c9cc%10sc%11ccccc%11c%10cc98)ccc76)cc5c5ccccc5c4c3)n2)cc1.c1ccc(-c2nc(-c3ccccc3)nc(-c3ccc4c5ccccc5c5ccc(-n6c7ccccc7c7cc(-n8c9ccccc9c9cc%10sc%11ccccc%11c%10cc98)ccc76)cc5c4c3)n2)cc1. The molecule has 0 aliphatic carbocycles. The van der Waals surface area contributed by atoms with Gasteiger partial charge in [0, 0.05) is 140 Å². The van der Waals surface area contributed by atoms with Gasteiger partial charge in [0.1, 0.15) is 0 Å². The Morgan fingerprint density at radius 2 is 0.348 bits per heavy atom. The summed E-state index contributed by atoms with van der Waals surface area (Å²) in [6.07, 6.45) is 0. The molecular formula is C126H74N10S2. The van der Waals surface area contributed by atoms with Crippen LogP contribution in [-0.4, -0.2) is 48.2 Å². The Kier molecular flexibility index (Phi) is 17.3. The van der Waals surface area contributed by atoms with Gasteiger partial charge >= 0.3 is 0 Å². The number of nitrogens with zero attached hydrogens (tertiary/aromatic N) is 10. The average Bonchev–Trinajstić information content (AvgIpc) is 1.51. The van der Waals surface area contributed by atoms with Crippen LogP contribution < -0.4 is 0 Å². The predicted octanol–water partition coefficient (Wildman–Crippen LogP) is 33.8. The third-order valence-electron chi connectivity index (χ3n) is 28.2. The van der Waals surface area contributed by atoms with E-state index in [4.69, 9.17) is 29.9 Å². The number of hydrogen-bond donors (Lipinski definition) is 0. The molecule has 0 saturated heterocycles. The number of aromatic nitrogens is 10. The van der Waals surface area contributed by atoms with E-state index in [-0.39, 0.29) is 0 Å². The van der Waals surface area contributed by atoms with E-state index in [0.717, 1.165) is 77.9 Å². The lowest BCUT2D eigenvalue weighted by Crippen LogP contribution is -2.00. The predicted molar refractivity (Wildman–Crippen MR) is 580 cm³/mol. The van der Waals surface area contributed by atoms with E-state index in [9.17, 15) is 0 Å². The highest BCUT2D eigenvalue weighted by atomic mass is 32.1. The van der Waals surface area contributed by atoms with E-state index >= 15 is 0 Å². The Bertz CT molecular complexity index is 10200. The van der Waals surface area contributed by atoms with Crippen molar-refractivity contribution in [2.75, 3.05) is 0 Å². The van der Waals surface area contributed by atoms with Crippen LogP contribution in [0.4, 0.5) is 0 Å². The van der Waals surface area contributed by atoms with E-state index in [2.05, 4.69) is 394 Å². The monoisotopic (exact) mass is 1790 g/mol. The summed E-state index contributed by atoms with van der Waals surface area (Å²) in [5.74, 6) is 3.87. The Hall–Kier alpha value is -17.9. The molecule has 0 saturated carbocycles. The average molecular weight is 1790 g/mol. The van der Waals surface area contributed by atoms with E-state index < -0.39 is 0 Å². The Labute approximate surface area is 797 Å². The largest absolute Gasteiger partial charge is 0.309 e. The third-order valence-corrected chi connectivity index (χ3v) is 30.5. The summed E-state index contributed by atoms with van der Waals surface area (Å²) in [6.45, 7) is 0. The van der Waals surface area contributed by atoms with Gasteiger partial charge < -0.3 is 18.3 Å². The van der Waals surface area contributed by atoms with E-state index in [0.29, 0.717) is 34.9 Å². The Morgan fingerprint density at radius 3 is 0.696 bits per heavy atom. The quantitative estimate of drug-likeness (QED) is 0.127. The Morgan fingerprint density at radius 1 is 0.123 bits per heavy atom. The fourth-order valence-corrected chi connectivity index (χ4v) is 24.3.